The van der Waals surface area contributed by atoms with E-state index >= 15 is 0 Å². The van der Waals surface area contributed by atoms with Crippen molar-refractivity contribution in [2.24, 2.45) is 10.2 Å². The molecule has 0 saturated heterocycles. The third-order valence-corrected chi connectivity index (χ3v) is 5.59. The van der Waals surface area contributed by atoms with Crippen LogP contribution in [0.25, 0.3) is 22.1 Å². The quantitative estimate of drug-likeness (QED) is 0.438. The summed E-state index contributed by atoms with van der Waals surface area (Å²) in [5.41, 5.74) is 16.9. The van der Waals surface area contributed by atoms with Gasteiger partial charge in [-0.05, 0) is 36.1 Å². The van der Waals surface area contributed by atoms with Crippen LogP contribution in [0.1, 0.15) is 38.8 Å². The smallest absolute Gasteiger partial charge is 0.234 e. The number of hydrogen-bond donors (Lipinski definition) is 0. The van der Waals surface area contributed by atoms with E-state index in [1.165, 1.54) is 27.8 Å². The molecule has 0 amide bonds. The molecular weight excluding hydrogens is 356 g/mol. The summed E-state index contributed by atoms with van der Waals surface area (Å²) >= 11 is 0. The zero-order valence-corrected chi connectivity index (χ0v) is 17.1. The van der Waals surface area contributed by atoms with Gasteiger partial charge in [-0.25, -0.2) is 4.68 Å². The van der Waals surface area contributed by atoms with Crippen molar-refractivity contribution >= 4 is 22.7 Å². The minimum atomic E-state index is 0.867. The van der Waals surface area contributed by atoms with Crippen LogP contribution in [0.2, 0.25) is 0 Å². The molecule has 2 heterocycles. The lowest BCUT2D eigenvalue weighted by Gasteiger charge is -2.27. The van der Waals surface area contributed by atoms with Crippen LogP contribution in [-0.2, 0) is 0 Å². The van der Waals surface area contributed by atoms with Gasteiger partial charge >= 0.3 is 0 Å². The zero-order valence-electron chi connectivity index (χ0n) is 17.1. The monoisotopic (exact) mass is 378 g/mol. The van der Waals surface area contributed by atoms with E-state index in [1.807, 2.05) is 31.5 Å². The molecule has 1 aliphatic carbocycles. The van der Waals surface area contributed by atoms with Crippen molar-refractivity contribution in [1.29, 1.82) is 0 Å². The highest BCUT2D eigenvalue weighted by Crippen LogP contribution is 2.46. The summed E-state index contributed by atoms with van der Waals surface area (Å²) < 4.78 is 2.01. The molecule has 4 nitrogen and oxygen atoms in total. The van der Waals surface area contributed by atoms with E-state index < -0.39 is 0 Å². The molecule has 0 fully saturated rings. The van der Waals surface area contributed by atoms with E-state index in [0.29, 0.717) is 0 Å². The van der Waals surface area contributed by atoms with Crippen molar-refractivity contribution < 1.29 is 4.68 Å². The Morgan fingerprint density at radius 1 is 0.655 bits per heavy atom. The molecule has 2 aliphatic heterocycles. The molecule has 0 N–H and O–H groups in total. The van der Waals surface area contributed by atoms with E-state index in [0.717, 1.165) is 34.1 Å². The topological polar surface area (TPSA) is 41.8 Å². The first-order valence-corrected chi connectivity index (χ1v) is 9.83. The van der Waals surface area contributed by atoms with Gasteiger partial charge in [0.15, 0.2) is 5.70 Å². The fourth-order valence-electron chi connectivity index (χ4n) is 4.25. The Hall–Kier alpha value is -3.53. The Kier molecular flexibility index (Phi) is 3.95. The first-order chi connectivity index (χ1) is 14.1. The first-order valence-electron chi connectivity index (χ1n) is 9.83. The average molecular weight is 378 g/mol. The summed E-state index contributed by atoms with van der Waals surface area (Å²) in [6, 6.07) is 17.2. The number of allylic oxidation sites excluding steroid dienone is 5. The number of fused-ring (bicyclic) bond motifs is 3. The van der Waals surface area contributed by atoms with Crippen LogP contribution in [0, 0.1) is 0 Å². The number of benzene rings is 2. The van der Waals surface area contributed by atoms with Crippen molar-refractivity contribution in [3.63, 3.8) is 0 Å². The van der Waals surface area contributed by atoms with Crippen LogP contribution >= 0.6 is 0 Å². The maximum Gasteiger partial charge on any atom is 0.234 e. The van der Waals surface area contributed by atoms with Crippen LogP contribution in [0.15, 0.2) is 87.9 Å². The van der Waals surface area contributed by atoms with E-state index in [-0.39, 0.29) is 0 Å². The standard InChI is InChI=1S/C25H22N4/c1-15-13-14-16(2)29(28-15)25-18(4)27-26-17(3)23(25)24-21-11-7-5-9-19(21)20-10-6-8-12-22(20)24/h5-14H,1-4H3/b29-25-. The van der Waals surface area contributed by atoms with Crippen molar-refractivity contribution in [2.75, 3.05) is 0 Å². The second kappa shape index (κ2) is 6.52. The molecule has 5 rings (SSSR count). The number of nitrogens with zero attached hydrogens (tertiary/aromatic N) is 4. The Morgan fingerprint density at radius 3 is 1.83 bits per heavy atom. The molecule has 0 saturated carbocycles. The second-order valence-electron chi connectivity index (χ2n) is 7.59. The van der Waals surface area contributed by atoms with Crippen LogP contribution < -0.4 is 0 Å². The van der Waals surface area contributed by atoms with Gasteiger partial charge in [-0.1, -0.05) is 61.5 Å². The normalized spacial score (nSPS) is 20.3. The Bertz CT molecular complexity index is 1200. The molecule has 4 heteroatoms. The van der Waals surface area contributed by atoms with Gasteiger partial charge in [-0.3, -0.25) is 0 Å². The van der Waals surface area contributed by atoms with Crippen LogP contribution in [0.3, 0.4) is 0 Å². The summed E-state index contributed by atoms with van der Waals surface area (Å²) in [6.45, 7) is 8.13. The van der Waals surface area contributed by atoms with Gasteiger partial charge in [0.25, 0.3) is 0 Å². The predicted octanol–water partition coefficient (Wildman–Crippen LogP) is 5.88. The molecule has 2 aromatic rings. The molecule has 0 unspecified atom stereocenters. The van der Waals surface area contributed by atoms with Crippen molar-refractivity contribution in [2.45, 2.75) is 27.7 Å². The van der Waals surface area contributed by atoms with E-state index in [9.17, 15) is 0 Å². The summed E-state index contributed by atoms with van der Waals surface area (Å²) in [7, 11) is 0. The molecule has 0 aromatic heterocycles. The lowest BCUT2D eigenvalue weighted by molar-refractivity contribution is -0.418. The number of rotatable bonds is 0. The van der Waals surface area contributed by atoms with Crippen molar-refractivity contribution in [3.05, 3.63) is 94.2 Å². The van der Waals surface area contributed by atoms with E-state index in [1.54, 1.807) is 0 Å². The molecule has 0 atom stereocenters. The largest absolute Gasteiger partial charge is 0.409 e. The van der Waals surface area contributed by atoms with Gasteiger partial charge in [0.05, 0.1) is 11.3 Å². The molecule has 0 spiro atoms. The van der Waals surface area contributed by atoms with Gasteiger partial charge in [-0.2, -0.15) is 5.10 Å². The summed E-state index contributed by atoms with van der Waals surface area (Å²) in [5.74, 6) is 0. The predicted molar refractivity (Wildman–Crippen MR) is 120 cm³/mol. The molecule has 0 bridgehead atoms. The van der Waals surface area contributed by atoms with Gasteiger partial charge < -0.3 is 5.43 Å². The molecule has 0 radical (unpaired) electrons. The van der Waals surface area contributed by atoms with Crippen molar-refractivity contribution in [1.82, 2.24) is 0 Å². The third kappa shape index (κ3) is 2.64. The maximum absolute atomic E-state index is 4.82. The Balaban J connectivity index is 1.90. The highest BCUT2D eigenvalue weighted by molar-refractivity contribution is 6.55. The maximum atomic E-state index is 4.82. The zero-order chi connectivity index (χ0) is 20.1. The van der Waals surface area contributed by atoms with E-state index in [2.05, 4.69) is 71.7 Å². The Labute approximate surface area is 171 Å². The summed E-state index contributed by atoms with van der Waals surface area (Å²) in [5, 5.41) is 8.94. The molecule has 3 aliphatic rings. The lowest BCUT2D eigenvalue weighted by atomic mass is 9.90. The first kappa shape index (κ1) is 17.6. The number of hydrogen-bond acceptors (Lipinski definition) is 2. The highest BCUT2D eigenvalue weighted by atomic mass is 15.5. The SMILES string of the molecule is CC1=CC=C(C)/[N+](=C2\C(C)=NN=C(C)C2=C2c3ccccc3-c3ccccc32)[N-]1. The summed E-state index contributed by atoms with van der Waals surface area (Å²) in [6.07, 6.45) is 4.14. The fraction of sp³-hybridized carbons (Fsp3) is 0.160. The molecule has 2 aromatic carbocycles. The van der Waals surface area contributed by atoms with Gasteiger partial charge in [0.1, 0.15) is 5.71 Å². The van der Waals surface area contributed by atoms with Crippen LogP contribution in [-0.4, -0.2) is 21.8 Å². The minimum absolute atomic E-state index is 0.867. The fourth-order valence-corrected chi connectivity index (χ4v) is 4.25. The van der Waals surface area contributed by atoms with Gasteiger partial charge in [0.2, 0.25) is 5.71 Å². The van der Waals surface area contributed by atoms with Crippen LogP contribution in [0.4, 0.5) is 0 Å². The van der Waals surface area contributed by atoms with Gasteiger partial charge in [0, 0.05) is 18.6 Å². The van der Waals surface area contributed by atoms with Gasteiger partial charge in [-0.15, -0.1) is 10.8 Å². The molecule has 142 valence electrons. The summed E-state index contributed by atoms with van der Waals surface area (Å²) in [4.78, 5) is 0. The average Bonchev–Trinajstić information content (AvgIpc) is 3.06. The Morgan fingerprint density at radius 2 is 1.21 bits per heavy atom. The molecular formula is C25H22N4. The van der Waals surface area contributed by atoms with Crippen LogP contribution in [0.5, 0.6) is 0 Å². The second-order valence-corrected chi connectivity index (χ2v) is 7.59. The highest BCUT2D eigenvalue weighted by Gasteiger charge is 2.35. The van der Waals surface area contributed by atoms with E-state index in [4.69, 9.17) is 5.43 Å². The minimum Gasteiger partial charge on any atom is -0.409 e. The molecule has 29 heavy (non-hydrogen) atoms. The third-order valence-electron chi connectivity index (χ3n) is 5.59. The lowest BCUT2D eigenvalue weighted by Crippen LogP contribution is -2.32. The van der Waals surface area contributed by atoms with Crippen molar-refractivity contribution in [3.8, 4) is 11.1 Å².